The predicted octanol–water partition coefficient (Wildman–Crippen LogP) is 2.43. The lowest BCUT2D eigenvalue weighted by atomic mass is 9.75. The summed E-state index contributed by atoms with van der Waals surface area (Å²) >= 11 is 6.06. The Kier molecular flexibility index (Phi) is 3.23. The molecule has 5 heteroatoms. The minimum atomic E-state index is -0.444. The molecule has 1 saturated heterocycles. The van der Waals surface area contributed by atoms with Gasteiger partial charge in [-0.3, -0.25) is 4.79 Å². The van der Waals surface area contributed by atoms with E-state index in [1.165, 1.54) is 0 Å². The van der Waals surface area contributed by atoms with Crippen molar-refractivity contribution in [3.05, 3.63) is 22.8 Å². The topological polar surface area (TPSA) is 45.2 Å². The second-order valence-corrected chi connectivity index (χ2v) is 5.90. The number of piperidine rings is 1. The van der Waals surface area contributed by atoms with Crippen LogP contribution in [-0.4, -0.2) is 35.4 Å². The van der Waals surface area contributed by atoms with Crippen molar-refractivity contribution in [2.24, 2.45) is 0 Å². The van der Waals surface area contributed by atoms with Gasteiger partial charge in [-0.15, -0.1) is 0 Å². The van der Waals surface area contributed by atoms with Gasteiger partial charge >= 0.3 is 0 Å². The molecule has 1 amide bonds. The summed E-state index contributed by atoms with van der Waals surface area (Å²) in [7, 11) is 0. The summed E-state index contributed by atoms with van der Waals surface area (Å²) in [4.78, 5) is 19.1. The van der Waals surface area contributed by atoms with Crippen molar-refractivity contribution in [2.75, 3.05) is 25.0 Å². The number of rotatable bonds is 2. The van der Waals surface area contributed by atoms with Crippen LogP contribution in [0.15, 0.2) is 12.3 Å². The van der Waals surface area contributed by atoms with Crippen LogP contribution in [0.2, 0.25) is 5.02 Å². The van der Waals surface area contributed by atoms with E-state index in [1.54, 1.807) is 6.20 Å². The molecule has 19 heavy (non-hydrogen) atoms. The van der Waals surface area contributed by atoms with Crippen LogP contribution in [0, 0.1) is 0 Å². The number of halogens is 1. The number of nitrogens with one attached hydrogen (secondary N) is 1. The van der Waals surface area contributed by atoms with Crippen molar-refractivity contribution >= 4 is 23.3 Å². The van der Waals surface area contributed by atoms with Crippen molar-refractivity contribution in [2.45, 2.75) is 31.6 Å². The van der Waals surface area contributed by atoms with Crippen LogP contribution in [-0.2, 0) is 10.2 Å². The first-order chi connectivity index (χ1) is 9.15. The highest BCUT2D eigenvalue weighted by Crippen LogP contribution is 2.43. The lowest BCUT2D eigenvalue weighted by Crippen LogP contribution is -2.50. The first-order valence-corrected chi connectivity index (χ1v) is 7.23. The third kappa shape index (κ3) is 2.03. The number of hydrogen-bond acceptors (Lipinski definition) is 3. The Balaban J connectivity index is 1.99. The van der Waals surface area contributed by atoms with Crippen molar-refractivity contribution in [3.63, 3.8) is 0 Å². The normalized spacial score (nSPS) is 26.5. The molecule has 1 aromatic rings. The summed E-state index contributed by atoms with van der Waals surface area (Å²) in [5.41, 5.74) is 0.534. The highest BCUT2D eigenvalue weighted by molar-refractivity contribution is 6.30. The monoisotopic (exact) mass is 279 g/mol. The molecule has 3 heterocycles. The summed E-state index contributed by atoms with van der Waals surface area (Å²) in [6, 6.07) is 1.90. The molecule has 0 aliphatic carbocycles. The molecular formula is C14H18ClN3O. The lowest BCUT2D eigenvalue weighted by molar-refractivity contribution is -0.122. The first-order valence-electron chi connectivity index (χ1n) is 6.85. The Hall–Kier alpha value is -1.13. The first kappa shape index (κ1) is 12.9. The van der Waals surface area contributed by atoms with Crippen molar-refractivity contribution < 1.29 is 4.79 Å². The minimum Gasteiger partial charge on any atom is -0.310 e. The van der Waals surface area contributed by atoms with Gasteiger partial charge in [0.2, 0.25) is 5.91 Å². The van der Waals surface area contributed by atoms with E-state index >= 15 is 0 Å². The van der Waals surface area contributed by atoms with Gasteiger partial charge in [-0.1, -0.05) is 18.5 Å². The molecule has 1 aromatic heterocycles. The SMILES string of the molecule is CCCN1CCCC2(C1)C(=O)Nc1ncc(Cl)cc12. The van der Waals surface area contributed by atoms with E-state index in [0.717, 1.165) is 44.5 Å². The lowest BCUT2D eigenvalue weighted by Gasteiger charge is -2.38. The second-order valence-electron chi connectivity index (χ2n) is 5.47. The summed E-state index contributed by atoms with van der Waals surface area (Å²) in [6.45, 7) is 5.06. The van der Waals surface area contributed by atoms with E-state index in [0.29, 0.717) is 10.8 Å². The maximum absolute atomic E-state index is 12.4. The van der Waals surface area contributed by atoms with E-state index in [4.69, 9.17) is 11.6 Å². The van der Waals surface area contributed by atoms with Crippen LogP contribution in [0.25, 0.3) is 0 Å². The quantitative estimate of drug-likeness (QED) is 0.904. The number of anilines is 1. The largest absolute Gasteiger partial charge is 0.310 e. The molecule has 1 atom stereocenters. The Morgan fingerprint density at radius 3 is 3.21 bits per heavy atom. The number of likely N-dealkylation sites (tertiary alicyclic amines) is 1. The number of carbonyl (C=O) groups excluding carboxylic acids is 1. The number of carbonyl (C=O) groups is 1. The zero-order chi connectivity index (χ0) is 13.5. The smallest absolute Gasteiger partial charge is 0.237 e. The van der Waals surface area contributed by atoms with Gasteiger partial charge < -0.3 is 10.2 Å². The minimum absolute atomic E-state index is 0.0815. The number of amides is 1. The van der Waals surface area contributed by atoms with Crippen LogP contribution >= 0.6 is 11.6 Å². The van der Waals surface area contributed by atoms with Gasteiger partial charge in [0.25, 0.3) is 0 Å². The average Bonchev–Trinajstić information content (AvgIpc) is 2.64. The van der Waals surface area contributed by atoms with Crippen molar-refractivity contribution in [1.82, 2.24) is 9.88 Å². The Morgan fingerprint density at radius 1 is 1.58 bits per heavy atom. The molecule has 0 saturated carbocycles. The summed E-state index contributed by atoms with van der Waals surface area (Å²) in [5, 5.41) is 3.51. The molecule has 1 N–H and O–H groups in total. The van der Waals surface area contributed by atoms with E-state index in [-0.39, 0.29) is 5.91 Å². The van der Waals surface area contributed by atoms with Crippen molar-refractivity contribution in [1.29, 1.82) is 0 Å². The molecule has 4 nitrogen and oxygen atoms in total. The molecule has 0 aromatic carbocycles. The fourth-order valence-electron chi connectivity index (χ4n) is 3.31. The Labute approximate surface area is 118 Å². The maximum Gasteiger partial charge on any atom is 0.237 e. The van der Waals surface area contributed by atoms with E-state index in [1.807, 2.05) is 6.07 Å². The summed E-state index contributed by atoms with van der Waals surface area (Å²) in [5.74, 6) is 0.769. The molecule has 2 aliphatic heterocycles. The van der Waals surface area contributed by atoms with Gasteiger partial charge in [0, 0.05) is 18.3 Å². The van der Waals surface area contributed by atoms with Gasteiger partial charge in [0.05, 0.1) is 10.4 Å². The summed E-state index contributed by atoms with van der Waals surface area (Å²) in [6.07, 6.45) is 4.62. The predicted molar refractivity (Wildman–Crippen MR) is 75.5 cm³/mol. The number of fused-ring (bicyclic) bond motifs is 2. The average molecular weight is 280 g/mol. The van der Waals surface area contributed by atoms with Crippen molar-refractivity contribution in [3.8, 4) is 0 Å². The molecule has 0 bridgehead atoms. The third-order valence-electron chi connectivity index (χ3n) is 4.15. The molecule has 102 valence electrons. The highest BCUT2D eigenvalue weighted by atomic mass is 35.5. The number of aromatic nitrogens is 1. The number of pyridine rings is 1. The maximum atomic E-state index is 12.4. The molecule has 3 rings (SSSR count). The molecule has 1 unspecified atom stereocenters. The zero-order valence-electron chi connectivity index (χ0n) is 11.1. The van der Waals surface area contributed by atoms with Gasteiger partial charge in [0.15, 0.2) is 0 Å². The zero-order valence-corrected chi connectivity index (χ0v) is 11.8. The fourth-order valence-corrected chi connectivity index (χ4v) is 3.47. The van der Waals surface area contributed by atoms with Gasteiger partial charge in [-0.05, 0) is 38.4 Å². The second kappa shape index (κ2) is 4.76. The molecule has 1 spiro atoms. The van der Waals surface area contributed by atoms with Gasteiger partial charge in [-0.25, -0.2) is 4.98 Å². The van der Waals surface area contributed by atoms with Crippen LogP contribution in [0.3, 0.4) is 0 Å². The van der Waals surface area contributed by atoms with Crippen LogP contribution in [0.5, 0.6) is 0 Å². The number of nitrogens with zero attached hydrogens (tertiary/aromatic N) is 2. The molecule has 2 aliphatic rings. The van der Waals surface area contributed by atoms with Crippen LogP contribution < -0.4 is 5.32 Å². The molecule has 1 fully saturated rings. The summed E-state index contributed by atoms with van der Waals surface area (Å²) < 4.78 is 0. The van der Waals surface area contributed by atoms with E-state index in [9.17, 15) is 4.79 Å². The molecule has 0 radical (unpaired) electrons. The molecular weight excluding hydrogens is 262 g/mol. The van der Waals surface area contributed by atoms with Gasteiger partial charge in [0.1, 0.15) is 5.82 Å². The number of hydrogen-bond donors (Lipinski definition) is 1. The third-order valence-corrected chi connectivity index (χ3v) is 4.35. The van der Waals surface area contributed by atoms with Gasteiger partial charge in [-0.2, -0.15) is 0 Å². The Bertz CT molecular complexity index is 517. The Morgan fingerprint density at radius 2 is 2.42 bits per heavy atom. The van der Waals surface area contributed by atoms with Crippen LogP contribution in [0.4, 0.5) is 5.82 Å². The fraction of sp³-hybridized carbons (Fsp3) is 0.571. The highest BCUT2D eigenvalue weighted by Gasteiger charge is 2.49. The van der Waals surface area contributed by atoms with E-state index in [2.05, 4.69) is 22.1 Å². The standard InChI is InChI=1S/C14H18ClN3O/c1-2-5-18-6-3-4-14(9-18)11-7-10(15)8-16-12(11)17-13(14)19/h7-8H,2-6,9H2,1H3,(H,16,17,19). The van der Waals surface area contributed by atoms with E-state index < -0.39 is 5.41 Å². The van der Waals surface area contributed by atoms with Crippen LogP contribution in [0.1, 0.15) is 31.7 Å².